The Morgan fingerprint density at radius 3 is 2.95 bits per heavy atom. The van der Waals surface area contributed by atoms with Crippen LogP contribution in [0.15, 0.2) is 36.7 Å². The molecule has 0 atom stereocenters. The molecule has 0 radical (unpaired) electrons. The third-order valence-corrected chi connectivity index (χ3v) is 3.12. The summed E-state index contributed by atoms with van der Waals surface area (Å²) in [7, 11) is 0. The van der Waals surface area contributed by atoms with Crippen molar-refractivity contribution in [1.82, 2.24) is 15.3 Å². The van der Waals surface area contributed by atoms with Crippen molar-refractivity contribution in [2.45, 2.75) is 32.4 Å². The fraction of sp³-hybridized carbons (Fsp3) is 0.333. The van der Waals surface area contributed by atoms with Gasteiger partial charge in [-0.1, -0.05) is 0 Å². The van der Waals surface area contributed by atoms with Crippen LogP contribution in [0.4, 0.5) is 0 Å². The SMILES string of the molecule is Cc1ncccc1Oc1ccnc(CNC2CC2)c1. The first kappa shape index (κ1) is 12.1. The smallest absolute Gasteiger partial charge is 0.148 e. The highest BCUT2D eigenvalue weighted by molar-refractivity contribution is 5.33. The number of ether oxygens (including phenoxy) is 1. The van der Waals surface area contributed by atoms with Gasteiger partial charge < -0.3 is 10.1 Å². The van der Waals surface area contributed by atoms with Crippen LogP contribution in [-0.2, 0) is 6.54 Å². The average Bonchev–Trinajstić information content (AvgIpc) is 3.24. The zero-order valence-electron chi connectivity index (χ0n) is 11.0. The second-order valence-electron chi connectivity index (χ2n) is 4.83. The van der Waals surface area contributed by atoms with Gasteiger partial charge in [-0.25, -0.2) is 0 Å². The van der Waals surface area contributed by atoms with Gasteiger partial charge in [0.25, 0.3) is 0 Å². The molecule has 2 aromatic rings. The lowest BCUT2D eigenvalue weighted by Gasteiger charge is -2.09. The summed E-state index contributed by atoms with van der Waals surface area (Å²) in [5, 5.41) is 3.44. The van der Waals surface area contributed by atoms with E-state index in [-0.39, 0.29) is 0 Å². The van der Waals surface area contributed by atoms with E-state index in [4.69, 9.17) is 4.74 Å². The number of aryl methyl sites for hydroxylation is 1. The molecule has 2 aromatic heterocycles. The minimum atomic E-state index is 0.687. The summed E-state index contributed by atoms with van der Waals surface area (Å²) in [6.07, 6.45) is 6.11. The Kier molecular flexibility index (Phi) is 3.42. The van der Waals surface area contributed by atoms with E-state index in [0.717, 1.165) is 29.4 Å². The Bertz CT molecular complexity index is 567. The number of hydrogen-bond donors (Lipinski definition) is 1. The largest absolute Gasteiger partial charge is 0.455 e. The summed E-state index contributed by atoms with van der Waals surface area (Å²) >= 11 is 0. The molecule has 1 aliphatic carbocycles. The van der Waals surface area contributed by atoms with Crippen LogP contribution in [0.5, 0.6) is 11.5 Å². The van der Waals surface area contributed by atoms with Crippen LogP contribution in [0.2, 0.25) is 0 Å². The molecule has 0 unspecified atom stereocenters. The zero-order valence-corrected chi connectivity index (χ0v) is 11.0. The third-order valence-electron chi connectivity index (χ3n) is 3.12. The summed E-state index contributed by atoms with van der Waals surface area (Å²) in [5.41, 5.74) is 1.89. The predicted molar refractivity (Wildman–Crippen MR) is 73.1 cm³/mol. The molecule has 4 nitrogen and oxygen atoms in total. The molecule has 0 saturated heterocycles. The van der Waals surface area contributed by atoms with Gasteiger partial charge >= 0.3 is 0 Å². The van der Waals surface area contributed by atoms with Crippen LogP contribution >= 0.6 is 0 Å². The Morgan fingerprint density at radius 2 is 2.16 bits per heavy atom. The van der Waals surface area contributed by atoms with E-state index in [1.165, 1.54) is 12.8 Å². The Morgan fingerprint density at radius 1 is 1.26 bits per heavy atom. The van der Waals surface area contributed by atoms with E-state index in [1.807, 2.05) is 31.2 Å². The normalized spacial score (nSPS) is 14.4. The maximum atomic E-state index is 5.84. The van der Waals surface area contributed by atoms with Gasteiger partial charge in [0.05, 0.1) is 11.4 Å². The van der Waals surface area contributed by atoms with Gasteiger partial charge in [-0.15, -0.1) is 0 Å². The van der Waals surface area contributed by atoms with Gasteiger partial charge in [0.1, 0.15) is 11.5 Å². The Balaban J connectivity index is 1.70. The first-order valence-corrected chi connectivity index (χ1v) is 6.59. The van der Waals surface area contributed by atoms with E-state index in [0.29, 0.717) is 6.04 Å². The number of nitrogens with zero attached hydrogens (tertiary/aromatic N) is 2. The number of rotatable bonds is 5. The monoisotopic (exact) mass is 255 g/mol. The molecule has 98 valence electrons. The van der Waals surface area contributed by atoms with Crippen LogP contribution in [0.1, 0.15) is 24.2 Å². The van der Waals surface area contributed by atoms with Gasteiger partial charge in [0, 0.05) is 31.0 Å². The topological polar surface area (TPSA) is 47.0 Å². The molecule has 0 aliphatic heterocycles. The molecule has 4 heteroatoms. The molecule has 1 fully saturated rings. The highest BCUT2D eigenvalue weighted by atomic mass is 16.5. The molecule has 0 bridgehead atoms. The summed E-state index contributed by atoms with van der Waals surface area (Å²) in [6.45, 7) is 2.74. The molecule has 1 saturated carbocycles. The van der Waals surface area contributed by atoms with Crippen LogP contribution in [-0.4, -0.2) is 16.0 Å². The van der Waals surface area contributed by atoms with Crippen molar-refractivity contribution in [1.29, 1.82) is 0 Å². The minimum absolute atomic E-state index is 0.687. The molecule has 2 heterocycles. The van der Waals surface area contributed by atoms with E-state index >= 15 is 0 Å². The van der Waals surface area contributed by atoms with Crippen LogP contribution in [0.25, 0.3) is 0 Å². The quantitative estimate of drug-likeness (QED) is 0.892. The van der Waals surface area contributed by atoms with Crippen molar-refractivity contribution in [3.63, 3.8) is 0 Å². The Labute approximate surface area is 112 Å². The van der Waals surface area contributed by atoms with Crippen LogP contribution < -0.4 is 10.1 Å². The highest BCUT2D eigenvalue weighted by Crippen LogP contribution is 2.24. The number of pyridine rings is 2. The van der Waals surface area contributed by atoms with Crippen molar-refractivity contribution in [2.24, 2.45) is 0 Å². The van der Waals surface area contributed by atoms with Gasteiger partial charge in [-0.3, -0.25) is 9.97 Å². The van der Waals surface area contributed by atoms with E-state index < -0.39 is 0 Å². The van der Waals surface area contributed by atoms with Gasteiger partial charge in [-0.2, -0.15) is 0 Å². The lowest BCUT2D eigenvalue weighted by molar-refractivity contribution is 0.473. The molecular formula is C15H17N3O. The van der Waals surface area contributed by atoms with Gasteiger partial charge in [0.15, 0.2) is 0 Å². The van der Waals surface area contributed by atoms with Crippen molar-refractivity contribution in [2.75, 3.05) is 0 Å². The summed E-state index contributed by atoms with van der Waals surface area (Å²) < 4.78 is 5.84. The van der Waals surface area contributed by atoms with Gasteiger partial charge in [0.2, 0.25) is 0 Å². The summed E-state index contributed by atoms with van der Waals surface area (Å²) in [5.74, 6) is 1.59. The van der Waals surface area contributed by atoms with E-state index in [9.17, 15) is 0 Å². The second-order valence-corrected chi connectivity index (χ2v) is 4.83. The van der Waals surface area contributed by atoms with Crippen LogP contribution in [0, 0.1) is 6.92 Å². The van der Waals surface area contributed by atoms with Gasteiger partial charge in [-0.05, 0) is 38.0 Å². The van der Waals surface area contributed by atoms with Crippen molar-refractivity contribution in [3.8, 4) is 11.5 Å². The van der Waals surface area contributed by atoms with E-state index in [1.54, 1.807) is 12.4 Å². The first-order valence-electron chi connectivity index (χ1n) is 6.59. The molecule has 1 N–H and O–H groups in total. The summed E-state index contributed by atoms with van der Waals surface area (Å²) in [4.78, 5) is 8.56. The minimum Gasteiger partial charge on any atom is -0.455 e. The second kappa shape index (κ2) is 5.36. The maximum absolute atomic E-state index is 5.84. The van der Waals surface area contributed by atoms with E-state index in [2.05, 4.69) is 15.3 Å². The zero-order chi connectivity index (χ0) is 13.1. The number of nitrogens with one attached hydrogen (secondary N) is 1. The molecular weight excluding hydrogens is 238 g/mol. The number of hydrogen-bond acceptors (Lipinski definition) is 4. The molecule has 0 spiro atoms. The fourth-order valence-electron chi connectivity index (χ4n) is 1.86. The maximum Gasteiger partial charge on any atom is 0.148 e. The van der Waals surface area contributed by atoms with Crippen molar-refractivity contribution < 1.29 is 4.74 Å². The molecule has 0 amide bonds. The molecule has 0 aromatic carbocycles. The molecule has 19 heavy (non-hydrogen) atoms. The first-order chi connectivity index (χ1) is 9.31. The average molecular weight is 255 g/mol. The lowest BCUT2D eigenvalue weighted by Crippen LogP contribution is -2.16. The number of aromatic nitrogens is 2. The molecule has 3 rings (SSSR count). The van der Waals surface area contributed by atoms with Crippen molar-refractivity contribution >= 4 is 0 Å². The highest BCUT2D eigenvalue weighted by Gasteiger charge is 2.20. The standard InChI is InChI=1S/C15H17N3O/c1-11-15(3-2-7-16-11)19-14-6-8-17-13(9-14)10-18-12-4-5-12/h2-3,6-9,12,18H,4-5,10H2,1H3. The Hall–Kier alpha value is -1.94. The summed E-state index contributed by atoms with van der Waals surface area (Å²) in [6, 6.07) is 8.32. The predicted octanol–water partition coefficient (Wildman–Crippen LogP) is 2.83. The third kappa shape index (κ3) is 3.29. The van der Waals surface area contributed by atoms with Crippen LogP contribution in [0.3, 0.4) is 0 Å². The lowest BCUT2D eigenvalue weighted by atomic mass is 10.3. The van der Waals surface area contributed by atoms with Crippen molar-refractivity contribution in [3.05, 3.63) is 48.0 Å². The molecule has 1 aliphatic rings. The fourth-order valence-corrected chi connectivity index (χ4v) is 1.86.